The number of nitriles is 1. The Bertz CT molecular complexity index is 372. The zero-order chi connectivity index (χ0) is 9.26. The van der Waals surface area contributed by atoms with Crippen LogP contribution in [0.5, 0.6) is 11.5 Å². The largest absolute Gasteiger partial charge is 0.482 e. The van der Waals surface area contributed by atoms with Crippen molar-refractivity contribution in [2.24, 2.45) is 0 Å². The number of para-hydroxylation sites is 1. The molecule has 1 atom stereocenters. The summed E-state index contributed by atoms with van der Waals surface area (Å²) in [6, 6.07) is 6.26. The number of hydrogen-bond acceptors (Lipinski definition) is 3. The molecule has 1 aromatic rings. The monoisotopic (exact) mass is 179 g/mol. The number of halogens is 1. The number of ether oxygens (including phenoxy) is 2. The third-order valence-corrected chi connectivity index (χ3v) is 1.72. The minimum atomic E-state index is -0.644. The van der Waals surface area contributed by atoms with E-state index in [-0.39, 0.29) is 18.1 Å². The molecule has 0 aromatic heterocycles. The molecule has 0 amide bonds. The van der Waals surface area contributed by atoms with Gasteiger partial charge in [0.25, 0.3) is 0 Å². The average molecular weight is 179 g/mol. The van der Waals surface area contributed by atoms with Crippen molar-refractivity contribution >= 4 is 0 Å². The van der Waals surface area contributed by atoms with Crippen molar-refractivity contribution in [3.8, 4) is 17.6 Å². The Balaban J connectivity index is 2.37. The van der Waals surface area contributed by atoms with Crippen LogP contribution in [0.1, 0.15) is 0 Å². The summed E-state index contributed by atoms with van der Waals surface area (Å²) >= 11 is 0. The zero-order valence-corrected chi connectivity index (χ0v) is 6.66. The lowest BCUT2D eigenvalue weighted by molar-refractivity contribution is 0.122. The highest BCUT2D eigenvalue weighted by Crippen LogP contribution is 2.33. The van der Waals surface area contributed by atoms with Gasteiger partial charge in [0.2, 0.25) is 6.10 Å². The molecule has 0 aliphatic carbocycles. The summed E-state index contributed by atoms with van der Waals surface area (Å²) in [5.74, 6) is -0.0827. The molecule has 0 saturated carbocycles. The molecular formula is C9H6FNO2. The summed E-state index contributed by atoms with van der Waals surface area (Å²) in [4.78, 5) is 0. The fraction of sp³-hybridized carbons (Fsp3) is 0.222. The van der Waals surface area contributed by atoms with E-state index in [1.807, 2.05) is 6.07 Å². The highest BCUT2D eigenvalue weighted by atomic mass is 19.1. The predicted molar refractivity (Wildman–Crippen MR) is 41.9 cm³/mol. The van der Waals surface area contributed by atoms with E-state index in [0.29, 0.717) is 0 Å². The van der Waals surface area contributed by atoms with Crippen LogP contribution in [0.4, 0.5) is 4.39 Å². The molecule has 1 aliphatic heterocycles. The van der Waals surface area contributed by atoms with Gasteiger partial charge >= 0.3 is 0 Å². The molecule has 0 fully saturated rings. The molecule has 1 heterocycles. The van der Waals surface area contributed by atoms with Crippen molar-refractivity contribution in [2.75, 3.05) is 6.61 Å². The molecule has 0 spiro atoms. The SMILES string of the molecule is N#CC1COc2c(F)cccc2O1. The summed E-state index contributed by atoms with van der Waals surface area (Å²) in [7, 11) is 0. The Morgan fingerprint density at radius 1 is 1.54 bits per heavy atom. The molecule has 1 aromatic carbocycles. The Kier molecular flexibility index (Phi) is 1.78. The van der Waals surface area contributed by atoms with Crippen molar-refractivity contribution in [1.82, 2.24) is 0 Å². The maximum Gasteiger partial charge on any atom is 0.218 e. The minimum absolute atomic E-state index is 0.0738. The first-order chi connectivity index (χ1) is 6.31. The van der Waals surface area contributed by atoms with Gasteiger partial charge in [-0.15, -0.1) is 0 Å². The van der Waals surface area contributed by atoms with E-state index in [2.05, 4.69) is 0 Å². The lowest BCUT2D eigenvalue weighted by Gasteiger charge is -2.21. The van der Waals surface area contributed by atoms with Crippen LogP contribution >= 0.6 is 0 Å². The van der Waals surface area contributed by atoms with Crippen molar-refractivity contribution in [2.45, 2.75) is 6.10 Å². The minimum Gasteiger partial charge on any atom is -0.482 e. The van der Waals surface area contributed by atoms with E-state index >= 15 is 0 Å². The summed E-state index contributed by atoms with van der Waals surface area (Å²) in [5.41, 5.74) is 0. The van der Waals surface area contributed by atoms with Gasteiger partial charge in [-0.3, -0.25) is 0 Å². The third-order valence-electron chi connectivity index (χ3n) is 1.72. The summed E-state index contributed by atoms with van der Waals surface area (Å²) in [5, 5.41) is 8.54. The molecule has 1 unspecified atom stereocenters. The van der Waals surface area contributed by atoms with Crippen molar-refractivity contribution in [1.29, 1.82) is 5.26 Å². The van der Waals surface area contributed by atoms with E-state index in [0.717, 1.165) is 0 Å². The maximum absolute atomic E-state index is 13.0. The van der Waals surface area contributed by atoms with Gasteiger partial charge in [-0.1, -0.05) is 6.07 Å². The second-order valence-electron chi connectivity index (χ2n) is 2.61. The Morgan fingerprint density at radius 3 is 3.15 bits per heavy atom. The molecule has 0 N–H and O–H groups in total. The normalized spacial score (nSPS) is 19.2. The number of benzene rings is 1. The maximum atomic E-state index is 13.0. The average Bonchev–Trinajstić information content (AvgIpc) is 2.18. The van der Waals surface area contributed by atoms with Crippen LogP contribution in [0.25, 0.3) is 0 Å². The van der Waals surface area contributed by atoms with E-state index in [1.54, 1.807) is 6.07 Å². The number of hydrogen-bond donors (Lipinski definition) is 0. The van der Waals surface area contributed by atoms with Gasteiger partial charge in [0.05, 0.1) is 0 Å². The number of rotatable bonds is 0. The number of fused-ring (bicyclic) bond motifs is 1. The van der Waals surface area contributed by atoms with Gasteiger partial charge in [-0.05, 0) is 12.1 Å². The van der Waals surface area contributed by atoms with Crippen LogP contribution in [-0.2, 0) is 0 Å². The highest BCUT2D eigenvalue weighted by molar-refractivity contribution is 5.42. The molecule has 0 radical (unpaired) electrons. The third kappa shape index (κ3) is 1.29. The second kappa shape index (κ2) is 2.94. The first-order valence-corrected chi connectivity index (χ1v) is 3.79. The van der Waals surface area contributed by atoms with Crippen LogP contribution in [0, 0.1) is 17.1 Å². The molecule has 1 aliphatic rings. The smallest absolute Gasteiger partial charge is 0.218 e. The Labute approximate surface area is 74.3 Å². The van der Waals surface area contributed by atoms with Gasteiger partial charge in [0.1, 0.15) is 12.7 Å². The quantitative estimate of drug-likeness (QED) is 0.605. The zero-order valence-electron chi connectivity index (χ0n) is 6.66. The molecule has 0 bridgehead atoms. The first kappa shape index (κ1) is 7.87. The van der Waals surface area contributed by atoms with Crippen LogP contribution in [0.3, 0.4) is 0 Å². The van der Waals surface area contributed by atoms with Crippen molar-refractivity contribution in [3.63, 3.8) is 0 Å². The van der Waals surface area contributed by atoms with E-state index in [9.17, 15) is 4.39 Å². The molecule has 66 valence electrons. The van der Waals surface area contributed by atoms with Crippen LogP contribution in [0.2, 0.25) is 0 Å². The van der Waals surface area contributed by atoms with Crippen LogP contribution < -0.4 is 9.47 Å². The topological polar surface area (TPSA) is 42.2 Å². The van der Waals surface area contributed by atoms with Gasteiger partial charge in [-0.25, -0.2) is 4.39 Å². The molecule has 13 heavy (non-hydrogen) atoms. The summed E-state index contributed by atoms with van der Waals surface area (Å²) in [6.07, 6.45) is -0.644. The van der Waals surface area contributed by atoms with E-state index in [1.165, 1.54) is 12.1 Å². The van der Waals surface area contributed by atoms with Gasteiger partial charge in [-0.2, -0.15) is 5.26 Å². The second-order valence-corrected chi connectivity index (χ2v) is 2.61. The predicted octanol–water partition coefficient (Wildman–Crippen LogP) is 1.49. The van der Waals surface area contributed by atoms with Crippen molar-refractivity contribution in [3.05, 3.63) is 24.0 Å². The van der Waals surface area contributed by atoms with Gasteiger partial charge in [0.15, 0.2) is 17.3 Å². The lowest BCUT2D eigenvalue weighted by Crippen LogP contribution is -2.27. The lowest BCUT2D eigenvalue weighted by atomic mass is 10.2. The standard InChI is InChI=1S/C9H6FNO2/c10-7-2-1-3-8-9(7)12-5-6(4-11)13-8/h1-3,6H,5H2. The molecular weight excluding hydrogens is 173 g/mol. The summed E-state index contributed by atoms with van der Waals surface area (Å²) < 4.78 is 23.2. The Hall–Kier alpha value is -1.76. The number of nitrogens with zero attached hydrogens (tertiary/aromatic N) is 1. The fourth-order valence-electron chi connectivity index (χ4n) is 1.13. The van der Waals surface area contributed by atoms with Gasteiger partial charge < -0.3 is 9.47 Å². The highest BCUT2D eigenvalue weighted by Gasteiger charge is 2.22. The molecule has 3 nitrogen and oxygen atoms in total. The Morgan fingerprint density at radius 2 is 2.38 bits per heavy atom. The van der Waals surface area contributed by atoms with Crippen LogP contribution in [-0.4, -0.2) is 12.7 Å². The van der Waals surface area contributed by atoms with Crippen LogP contribution in [0.15, 0.2) is 18.2 Å². The fourth-order valence-corrected chi connectivity index (χ4v) is 1.13. The molecule has 4 heteroatoms. The van der Waals surface area contributed by atoms with Crippen molar-refractivity contribution < 1.29 is 13.9 Å². The van der Waals surface area contributed by atoms with Gasteiger partial charge in [0, 0.05) is 0 Å². The first-order valence-electron chi connectivity index (χ1n) is 3.79. The summed E-state index contributed by atoms with van der Waals surface area (Å²) in [6.45, 7) is 0.0738. The van der Waals surface area contributed by atoms with E-state index in [4.69, 9.17) is 14.7 Å². The molecule has 2 rings (SSSR count). The molecule has 0 saturated heterocycles. The van der Waals surface area contributed by atoms with E-state index < -0.39 is 11.9 Å².